The van der Waals surface area contributed by atoms with E-state index >= 15 is 0 Å². The van der Waals surface area contributed by atoms with Gasteiger partial charge in [0.05, 0.1) is 5.52 Å². The monoisotopic (exact) mass is 441 g/mol. The van der Waals surface area contributed by atoms with Crippen LogP contribution in [-0.2, 0) is 24.6 Å². The third-order valence-electron chi connectivity index (χ3n) is 6.03. The van der Waals surface area contributed by atoms with E-state index in [0.29, 0.717) is 5.69 Å². The highest BCUT2D eigenvalue weighted by atomic mass is 19.2. The summed E-state index contributed by atoms with van der Waals surface area (Å²) < 4.78 is 34.5. The third-order valence-corrected chi connectivity index (χ3v) is 6.03. The van der Waals surface area contributed by atoms with Crippen LogP contribution < -0.4 is 5.32 Å². The van der Waals surface area contributed by atoms with E-state index in [4.69, 9.17) is 4.74 Å². The number of carbonyl (C=O) groups is 1. The summed E-state index contributed by atoms with van der Waals surface area (Å²) in [6.07, 6.45) is 2.19. The van der Waals surface area contributed by atoms with Crippen molar-refractivity contribution in [2.24, 2.45) is 7.05 Å². The normalized spacial score (nSPS) is 16.0. The number of nitrogens with one attached hydrogen (secondary N) is 1. The highest BCUT2D eigenvalue weighted by Gasteiger charge is 2.31. The Morgan fingerprint density at radius 2 is 1.81 bits per heavy atom. The number of ether oxygens (including phenoxy) is 1. The smallest absolute Gasteiger partial charge is 0.410 e. The van der Waals surface area contributed by atoms with Crippen molar-refractivity contribution < 1.29 is 18.3 Å². The van der Waals surface area contributed by atoms with Crippen LogP contribution >= 0.6 is 0 Å². The van der Waals surface area contributed by atoms with Gasteiger partial charge < -0.3 is 19.5 Å². The summed E-state index contributed by atoms with van der Waals surface area (Å²) in [4.78, 5) is 14.3. The van der Waals surface area contributed by atoms with Crippen molar-refractivity contribution in [3.05, 3.63) is 59.3 Å². The molecule has 1 unspecified atom stereocenters. The molecule has 0 saturated carbocycles. The molecule has 0 fully saturated rings. The minimum absolute atomic E-state index is 0.0722. The van der Waals surface area contributed by atoms with Crippen molar-refractivity contribution in [3.8, 4) is 0 Å². The van der Waals surface area contributed by atoms with Crippen LogP contribution in [0.25, 0.3) is 10.9 Å². The molecule has 1 aromatic heterocycles. The number of nitrogens with zero attached hydrogens (tertiary/aromatic N) is 2. The van der Waals surface area contributed by atoms with Gasteiger partial charge in [-0.25, -0.2) is 13.6 Å². The number of carbonyl (C=O) groups excluding carboxylic acids is 1. The summed E-state index contributed by atoms with van der Waals surface area (Å²) >= 11 is 0. The fourth-order valence-corrected chi connectivity index (χ4v) is 4.39. The second-order valence-corrected chi connectivity index (χ2v) is 9.46. The lowest BCUT2D eigenvalue weighted by Crippen LogP contribution is -2.43. The summed E-state index contributed by atoms with van der Waals surface area (Å²) in [6.45, 7) is 5.61. The second kappa shape index (κ2) is 8.11. The van der Waals surface area contributed by atoms with Crippen LogP contribution in [0.1, 0.15) is 38.4 Å². The lowest BCUT2D eigenvalue weighted by atomic mass is 9.90. The average Bonchev–Trinajstić information content (AvgIpc) is 3.00. The van der Waals surface area contributed by atoms with Crippen molar-refractivity contribution in [1.82, 2.24) is 9.47 Å². The molecule has 0 spiro atoms. The molecule has 1 atom stereocenters. The van der Waals surface area contributed by atoms with Gasteiger partial charge in [-0.3, -0.25) is 0 Å². The number of aryl methyl sites for hydroxylation is 1. The lowest BCUT2D eigenvalue weighted by Gasteiger charge is -2.33. The molecule has 0 saturated heterocycles. The van der Waals surface area contributed by atoms with Crippen molar-refractivity contribution in [3.63, 3.8) is 0 Å². The van der Waals surface area contributed by atoms with Gasteiger partial charge in [-0.2, -0.15) is 0 Å². The van der Waals surface area contributed by atoms with E-state index in [0.717, 1.165) is 48.0 Å². The van der Waals surface area contributed by atoms with Gasteiger partial charge in [-0.05, 0) is 69.9 Å². The second-order valence-electron chi connectivity index (χ2n) is 9.46. The maximum Gasteiger partial charge on any atom is 0.410 e. The molecule has 170 valence electrons. The number of rotatable bonds is 3. The predicted molar refractivity (Wildman–Crippen MR) is 122 cm³/mol. The molecule has 4 rings (SSSR count). The van der Waals surface area contributed by atoms with E-state index in [-0.39, 0.29) is 12.1 Å². The number of aromatic nitrogens is 1. The zero-order valence-electron chi connectivity index (χ0n) is 19.1. The van der Waals surface area contributed by atoms with Gasteiger partial charge in [0.15, 0.2) is 11.6 Å². The molecule has 0 bridgehead atoms. The van der Waals surface area contributed by atoms with Crippen LogP contribution in [0.3, 0.4) is 0 Å². The largest absolute Gasteiger partial charge is 0.444 e. The van der Waals surface area contributed by atoms with Gasteiger partial charge in [0, 0.05) is 48.7 Å². The first-order valence-corrected chi connectivity index (χ1v) is 10.8. The van der Waals surface area contributed by atoms with Gasteiger partial charge in [0.25, 0.3) is 0 Å². The van der Waals surface area contributed by atoms with Crippen molar-refractivity contribution in [2.75, 3.05) is 12.4 Å². The fraction of sp³-hybridized carbons (Fsp3) is 0.400. The van der Waals surface area contributed by atoms with Crippen LogP contribution in [0.15, 0.2) is 36.4 Å². The fourth-order valence-electron chi connectivity index (χ4n) is 4.39. The molecule has 5 nitrogen and oxygen atoms in total. The first-order chi connectivity index (χ1) is 15.0. The van der Waals surface area contributed by atoms with E-state index in [1.165, 1.54) is 17.3 Å². The average molecular weight is 442 g/mol. The van der Waals surface area contributed by atoms with Gasteiger partial charge in [-0.15, -0.1) is 0 Å². The summed E-state index contributed by atoms with van der Waals surface area (Å²) in [5.74, 6) is -1.75. The Kier molecular flexibility index (Phi) is 5.61. The maximum atomic E-state index is 13.5. The van der Waals surface area contributed by atoms with E-state index in [2.05, 4.69) is 9.88 Å². The van der Waals surface area contributed by atoms with Crippen molar-refractivity contribution in [1.29, 1.82) is 0 Å². The number of hydrogen-bond donors (Lipinski definition) is 1. The van der Waals surface area contributed by atoms with Crippen molar-refractivity contribution >= 4 is 28.4 Å². The number of anilines is 2. The summed E-state index contributed by atoms with van der Waals surface area (Å²) in [5.41, 5.74) is 4.32. The summed E-state index contributed by atoms with van der Waals surface area (Å²) in [5, 5.41) is 4.29. The van der Waals surface area contributed by atoms with Crippen molar-refractivity contribution in [2.45, 2.75) is 51.7 Å². The molecule has 1 heterocycles. The van der Waals surface area contributed by atoms with Gasteiger partial charge in [0.1, 0.15) is 5.60 Å². The highest BCUT2D eigenvalue weighted by Crippen LogP contribution is 2.35. The zero-order valence-corrected chi connectivity index (χ0v) is 19.1. The number of fused-ring (bicyclic) bond motifs is 3. The lowest BCUT2D eigenvalue weighted by molar-refractivity contribution is 0.0210. The highest BCUT2D eigenvalue weighted by molar-refractivity contribution is 5.89. The third kappa shape index (κ3) is 4.29. The molecule has 0 radical (unpaired) electrons. The molecule has 7 heteroatoms. The predicted octanol–water partition coefficient (Wildman–Crippen LogP) is 5.92. The Bertz CT molecular complexity index is 1180. The van der Waals surface area contributed by atoms with E-state index in [1.807, 2.05) is 46.0 Å². The number of likely N-dealkylation sites (N-methyl/N-ethyl adjacent to an activating group) is 1. The van der Waals surface area contributed by atoms with E-state index < -0.39 is 17.2 Å². The Hall–Kier alpha value is -3.09. The Morgan fingerprint density at radius 1 is 1.12 bits per heavy atom. The molecule has 1 aliphatic rings. The Balaban J connectivity index is 1.59. The van der Waals surface area contributed by atoms with Crippen LogP contribution in [0, 0.1) is 11.6 Å². The first kappa shape index (κ1) is 22.1. The summed E-state index contributed by atoms with van der Waals surface area (Å²) in [7, 11) is 3.85. The molecule has 32 heavy (non-hydrogen) atoms. The van der Waals surface area contributed by atoms with Gasteiger partial charge >= 0.3 is 6.09 Å². The zero-order chi connectivity index (χ0) is 23.2. The summed E-state index contributed by atoms with van der Waals surface area (Å²) in [6, 6.07) is 9.84. The molecule has 0 aliphatic heterocycles. The molecule has 2 aromatic carbocycles. The number of halogens is 2. The first-order valence-electron chi connectivity index (χ1n) is 10.8. The topological polar surface area (TPSA) is 46.5 Å². The SMILES string of the molecule is CN(C(=O)OC(C)(C)C)C1CCc2c(c3ccc(Nc4ccc(F)c(F)c4)cc3n2C)C1. The van der Waals surface area contributed by atoms with Gasteiger partial charge in [0.2, 0.25) is 0 Å². The van der Waals surface area contributed by atoms with E-state index in [1.54, 1.807) is 11.9 Å². The Morgan fingerprint density at radius 3 is 2.50 bits per heavy atom. The minimum atomic E-state index is -0.884. The molecule has 1 amide bonds. The van der Waals surface area contributed by atoms with E-state index in [9.17, 15) is 13.6 Å². The molecular formula is C25H29F2N3O2. The molecular weight excluding hydrogens is 412 g/mol. The molecule has 3 aromatic rings. The van der Waals surface area contributed by atoms with Crippen LogP contribution in [-0.4, -0.2) is 34.3 Å². The van der Waals surface area contributed by atoms with Crippen LogP contribution in [0.2, 0.25) is 0 Å². The number of amides is 1. The van der Waals surface area contributed by atoms with Crippen LogP contribution in [0.5, 0.6) is 0 Å². The minimum Gasteiger partial charge on any atom is -0.444 e. The molecule has 1 N–H and O–H groups in total. The number of benzene rings is 2. The van der Waals surface area contributed by atoms with Crippen LogP contribution in [0.4, 0.5) is 25.0 Å². The quantitative estimate of drug-likeness (QED) is 0.548. The molecule has 1 aliphatic carbocycles. The number of hydrogen-bond acceptors (Lipinski definition) is 3. The maximum absolute atomic E-state index is 13.5. The standard InChI is InChI=1S/C25H29F2N3O2/c1-25(2,3)32-24(31)29(4)17-8-11-22-19(14-17)18-9-6-16(13-23(18)30(22)5)28-15-7-10-20(26)21(27)12-15/h6-7,9-10,12-13,17,28H,8,11,14H2,1-5H3. The Labute approximate surface area is 187 Å². The van der Waals surface area contributed by atoms with Gasteiger partial charge in [-0.1, -0.05) is 6.07 Å².